The Morgan fingerprint density at radius 1 is 0.825 bits per heavy atom. The zero-order valence-corrected chi connectivity index (χ0v) is 36.8. The first-order valence-corrected chi connectivity index (χ1v) is 22.5. The van der Waals surface area contributed by atoms with Crippen LogP contribution in [0.15, 0.2) is 36.4 Å². The number of amides is 4. The highest BCUT2D eigenvalue weighted by atomic mass is 19.1. The van der Waals surface area contributed by atoms with Crippen molar-refractivity contribution in [2.24, 2.45) is 5.92 Å². The molecule has 1 aliphatic carbocycles. The molecule has 2 aliphatic heterocycles. The SMILES string of the molecule is CCCC(NC(=O)C(C)NC)C(=O)N1CC(F)CC1Cc1c(-c2nc3cc(F)ccc3n2CC2CC(F)CN2C(=O)C(NC(=O)C(C)NC)C2CCCCC2)[nH]c2cc(F)ccc12. The predicted octanol–water partition coefficient (Wildman–Crippen LogP) is 5.45. The van der Waals surface area contributed by atoms with Gasteiger partial charge in [-0.15, -0.1) is 0 Å². The number of nitrogens with one attached hydrogen (secondary N) is 5. The van der Waals surface area contributed by atoms with E-state index in [1.807, 2.05) is 11.5 Å². The topological polar surface area (TPSA) is 156 Å². The Balaban J connectivity index is 1.27. The fourth-order valence-electron chi connectivity index (χ4n) is 9.79. The number of alkyl halides is 2. The summed E-state index contributed by atoms with van der Waals surface area (Å²) in [5, 5.41) is 12.3. The Kier molecular flexibility index (Phi) is 14.4. The van der Waals surface area contributed by atoms with Crippen LogP contribution in [0, 0.1) is 17.6 Å². The van der Waals surface area contributed by atoms with E-state index in [0.717, 1.165) is 32.1 Å². The minimum absolute atomic E-state index is 0.00860. The standard InChI is InChI=1S/C46H61F4N9O4/c1-6-10-36(55-43(60)25(2)51-4)45(62)57-22-30(49)17-32(57)21-35-34-15-13-28(47)19-37(34)53-41(35)42-54-38-20-29(48)14-16-39(38)59(42)24-33-18-31(50)23-58(33)46(63)40(27-11-8-7-9-12-27)56-44(61)26(3)52-5/h13-16,19-20,25-27,30-33,36,40,51-53H,6-12,17-18,21-24H2,1-5H3,(H,55,60)(H,56,61). The number of rotatable bonds is 16. The molecule has 4 heterocycles. The molecule has 0 spiro atoms. The fraction of sp³-hybridized carbons (Fsp3) is 0.587. The average Bonchev–Trinajstić information content (AvgIpc) is 4.03. The molecule has 0 radical (unpaired) electrons. The third-order valence-corrected chi connectivity index (χ3v) is 13.5. The van der Waals surface area contributed by atoms with Crippen molar-refractivity contribution in [2.75, 3.05) is 27.2 Å². The summed E-state index contributed by atoms with van der Waals surface area (Å²) in [6, 6.07) is 4.23. The van der Waals surface area contributed by atoms with Gasteiger partial charge in [-0.2, -0.15) is 0 Å². The smallest absolute Gasteiger partial charge is 0.245 e. The minimum Gasteiger partial charge on any atom is -0.352 e. The summed E-state index contributed by atoms with van der Waals surface area (Å²) < 4.78 is 62.8. The number of hydrogen-bond donors (Lipinski definition) is 5. The number of halogens is 4. The minimum atomic E-state index is -1.34. The molecule has 17 heteroatoms. The summed E-state index contributed by atoms with van der Waals surface area (Å²) in [5.74, 6) is -2.28. The number of benzene rings is 2. The zero-order valence-electron chi connectivity index (χ0n) is 36.8. The molecule has 13 nitrogen and oxygen atoms in total. The van der Waals surface area contributed by atoms with Crippen molar-refractivity contribution < 1.29 is 36.7 Å². The van der Waals surface area contributed by atoms with E-state index in [9.17, 15) is 28.0 Å². The molecule has 2 aromatic carbocycles. The molecule has 0 bridgehead atoms. The predicted molar refractivity (Wildman–Crippen MR) is 233 cm³/mol. The average molecular weight is 880 g/mol. The van der Waals surface area contributed by atoms with Crippen LogP contribution in [0.25, 0.3) is 33.5 Å². The lowest BCUT2D eigenvalue weighted by Crippen LogP contribution is -2.57. The number of aromatic nitrogens is 3. The maximum atomic E-state index is 15.7. The van der Waals surface area contributed by atoms with Crippen LogP contribution in [0.3, 0.4) is 0 Å². The van der Waals surface area contributed by atoms with E-state index in [4.69, 9.17) is 4.98 Å². The lowest BCUT2D eigenvalue weighted by atomic mass is 9.83. The lowest BCUT2D eigenvalue weighted by Gasteiger charge is -2.35. The number of imidazole rings is 1. The Morgan fingerprint density at radius 2 is 1.44 bits per heavy atom. The van der Waals surface area contributed by atoms with Gasteiger partial charge in [0.2, 0.25) is 23.6 Å². The second-order valence-electron chi connectivity index (χ2n) is 17.8. The fourth-order valence-corrected chi connectivity index (χ4v) is 9.79. The number of carbonyl (C=O) groups is 4. The number of nitrogens with zero attached hydrogens (tertiary/aromatic N) is 4. The number of likely N-dealkylation sites (N-methyl/N-ethyl adjacent to an activating group) is 2. The van der Waals surface area contributed by atoms with Crippen LogP contribution >= 0.6 is 0 Å². The van der Waals surface area contributed by atoms with Crippen molar-refractivity contribution >= 4 is 45.6 Å². The van der Waals surface area contributed by atoms with E-state index in [0.29, 0.717) is 46.3 Å². The lowest BCUT2D eigenvalue weighted by molar-refractivity contribution is -0.139. The number of aromatic amines is 1. The summed E-state index contributed by atoms with van der Waals surface area (Å²) in [6.07, 6.45) is 2.79. The van der Waals surface area contributed by atoms with Gasteiger partial charge >= 0.3 is 0 Å². The highest BCUT2D eigenvalue weighted by Gasteiger charge is 2.43. The van der Waals surface area contributed by atoms with Gasteiger partial charge < -0.3 is 40.6 Å². The van der Waals surface area contributed by atoms with Crippen molar-refractivity contribution in [1.29, 1.82) is 0 Å². The van der Waals surface area contributed by atoms with Crippen LogP contribution in [0.5, 0.6) is 0 Å². The summed E-state index contributed by atoms with van der Waals surface area (Å²) in [4.78, 5) is 66.3. The highest BCUT2D eigenvalue weighted by molar-refractivity contribution is 5.93. The molecule has 342 valence electrons. The number of hydrogen-bond acceptors (Lipinski definition) is 7. The van der Waals surface area contributed by atoms with Gasteiger partial charge in [0.25, 0.3) is 0 Å². The summed E-state index contributed by atoms with van der Waals surface area (Å²) in [7, 11) is 3.31. The van der Waals surface area contributed by atoms with Crippen molar-refractivity contribution in [3.05, 3.63) is 53.6 Å². The van der Waals surface area contributed by atoms with Crippen molar-refractivity contribution in [3.63, 3.8) is 0 Å². The summed E-state index contributed by atoms with van der Waals surface area (Å²) in [6.45, 7) is 5.01. The normalized spacial score (nSPS) is 22.7. The van der Waals surface area contributed by atoms with Gasteiger partial charge in [-0.3, -0.25) is 19.2 Å². The second-order valence-corrected chi connectivity index (χ2v) is 17.8. The molecule has 2 aromatic heterocycles. The van der Waals surface area contributed by atoms with Crippen LogP contribution in [0.2, 0.25) is 0 Å². The molecule has 4 aromatic rings. The van der Waals surface area contributed by atoms with E-state index >= 15 is 8.78 Å². The highest BCUT2D eigenvalue weighted by Crippen LogP contribution is 2.38. The molecule has 63 heavy (non-hydrogen) atoms. The first-order chi connectivity index (χ1) is 30.2. The Bertz CT molecular complexity index is 2300. The molecule has 2 saturated heterocycles. The van der Waals surface area contributed by atoms with Gasteiger partial charge in [0.05, 0.1) is 47.9 Å². The van der Waals surface area contributed by atoms with Gasteiger partial charge in [-0.25, -0.2) is 22.5 Å². The molecule has 8 unspecified atom stereocenters. The first-order valence-electron chi connectivity index (χ1n) is 22.5. The number of carbonyl (C=O) groups excluding carboxylic acids is 4. The van der Waals surface area contributed by atoms with Crippen LogP contribution < -0.4 is 21.3 Å². The number of H-pyrrole nitrogens is 1. The molecule has 7 rings (SSSR count). The van der Waals surface area contributed by atoms with Gasteiger partial charge in [0, 0.05) is 42.4 Å². The van der Waals surface area contributed by atoms with Gasteiger partial charge in [-0.05, 0) is 95.4 Å². The zero-order chi connectivity index (χ0) is 45.1. The molecule has 8 atom stereocenters. The Morgan fingerprint density at radius 3 is 2.11 bits per heavy atom. The van der Waals surface area contributed by atoms with Crippen LogP contribution in [0.4, 0.5) is 17.6 Å². The largest absolute Gasteiger partial charge is 0.352 e. The first kappa shape index (κ1) is 46.0. The van der Waals surface area contributed by atoms with Gasteiger partial charge in [-0.1, -0.05) is 32.6 Å². The molecule has 1 saturated carbocycles. The maximum absolute atomic E-state index is 15.7. The van der Waals surface area contributed by atoms with Crippen LogP contribution in [-0.4, -0.2) is 124 Å². The molecule has 3 fully saturated rings. The second kappa shape index (κ2) is 19.8. The van der Waals surface area contributed by atoms with E-state index in [2.05, 4.69) is 26.3 Å². The summed E-state index contributed by atoms with van der Waals surface area (Å²) in [5.41, 5.74) is 2.24. The molecular formula is C46H61F4N9O4. The van der Waals surface area contributed by atoms with Crippen molar-refractivity contribution in [2.45, 2.75) is 140 Å². The van der Waals surface area contributed by atoms with Crippen LogP contribution in [-0.2, 0) is 32.1 Å². The van der Waals surface area contributed by atoms with Crippen molar-refractivity contribution in [1.82, 2.24) is 45.6 Å². The molecular weight excluding hydrogens is 819 g/mol. The molecule has 5 N–H and O–H groups in total. The third kappa shape index (κ3) is 9.88. The van der Waals surface area contributed by atoms with E-state index in [1.54, 1.807) is 40.1 Å². The molecule has 3 aliphatic rings. The number of fused-ring (bicyclic) bond motifs is 2. The quantitative estimate of drug-likeness (QED) is 0.0939. The van der Waals surface area contributed by atoms with Crippen LogP contribution in [0.1, 0.15) is 84.1 Å². The summed E-state index contributed by atoms with van der Waals surface area (Å²) >= 11 is 0. The number of likely N-dealkylation sites (tertiary alicyclic amines) is 2. The van der Waals surface area contributed by atoms with E-state index in [-0.39, 0.29) is 68.1 Å². The van der Waals surface area contributed by atoms with Gasteiger partial charge in [0.1, 0.15) is 36.1 Å². The van der Waals surface area contributed by atoms with Crippen molar-refractivity contribution in [3.8, 4) is 11.5 Å². The monoisotopic (exact) mass is 879 g/mol. The molecule has 4 amide bonds. The van der Waals surface area contributed by atoms with Gasteiger partial charge in [0.15, 0.2) is 5.82 Å². The van der Waals surface area contributed by atoms with E-state index < -0.39 is 66.1 Å². The van der Waals surface area contributed by atoms with E-state index in [1.165, 1.54) is 34.1 Å². The third-order valence-electron chi connectivity index (χ3n) is 13.5. The Hall–Kier alpha value is -5.03. The maximum Gasteiger partial charge on any atom is 0.245 e. The Labute approximate surface area is 365 Å².